The lowest BCUT2D eigenvalue weighted by molar-refractivity contribution is -0.120. The number of hydrogen-bond donors (Lipinski definition) is 2. The van der Waals surface area contributed by atoms with Crippen molar-refractivity contribution < 1.29 is 4.79 Å². The molecule has 0 bridgehead atoms. The third-order valence-electron chi connectivity index (χ3n) is 3.58. The number of aryl methyl sites for hydroxylation is 1. The molecule has 2 rings (SSSR count). The van der Waals surface area contributed by atoms with Crippen LogP contribution in [0.3, 0.4) is 0 Å². The molecule has 6 heteroatoms. The summed E-state index contributed by atoms with van der Waals surface area (Å²) in [7, 11) is 0. The maximum Gasteiger partial charge on any atom is 0.231 e. The molecule has 0 spiro atoms. The highest BCUT2D eigenvalue weighted by Gasteiger charge is 2.22. The number of amides is 1. The van der Waals surface area contributed by atoms with Gasteiger partial charge in [-0.15, -0.1) is 0 Å². The molecule has 19 heavy (non-hydrogen) atoms. The summed E-state index contributed by atoms with van der Waals surface area (Å²) in [4.78, 5) is 13.4. The third kappa shape index (κ3) is 4.04. The Morgan fingerprint density at radius 1 is 1.58 bits per heavy atom. The van der Waals surface area contributed by atoms with E-state index in [0.29, 0.717) is 12.6 Å². The lowest BCUT2D eigenvalue weighted by Crippen LogP contribution is -2.46. The highest BCUT2D eigenvalue weighted by molar-refractivity contribution is 5.75. The van der Waals surface area contributed by atoms with Gasteiger partial charge in [-0.1, -0.05) is 0 Å². The Morgan fingerprint density at radius 2 is 2.32 bits per heavy atom. The van der Waals surface area contributed by atoms with E-state index in [1.165, 1.54) is 0 Å². The molecule has 0 aromatic carbocycles. The molecule has 1 fully saturated rings. The number of aromatic nitrogens is 2. The zero-order valence-corrected chi connectivity index (χ0v) is 11.5. The predicted molar refractivity (Wildman–Crippen MR) is 73.4 cm³/mol. The van der Waals surface area contributed by atoms with Crippen molar-refractivity contribution in [3.63, 3.8) is 0 Å². The van der Waals surface area contributed by atoms with E-state index in [9.17, 15) is 4.79 Å². The molecule has 2 heterocycles. The average molecular weight is 265 g/mol. The minimum Gasteiger partial charge on any atom is -0.369 e. The first kappa shape index (κ1) is 14.0. The topological polar surface area (TPSA) is 76.2 Å². The number of carbonyl (C=O) groups is 1. The van der Waals surface area contributed by atoms with Gasteiger partial charge in [-0.3, -0.25) is 14.4 Å². The van der Waals surface area contributed by atoms with Crippen molar-refractivity contribution in [2.75, 3.05) is 19.6 Å². The Balaban J connectivity index is 2.01. The number of nitrogens with two attached hydrogens (primary N) is 1. The SMILES string of the molecule is CCn1cc(CN(CC(N)=O)C2CCNCC2)cn1. The molecule has 1 aromatic heterocycles. The van der Waals surface area contributed by atoms with E-state index in [1.54, 1.807) is 0 Å². The van der Waals surface area contributed by atoms with Crippen LogP contribution >= 0.6 is 0 Å². The summed E-state index contributed by atoms with van der Waals surface area (Å²) in [6.07, 6.45) is 6.04. The first-order chi connectivity index (χ1) is 9.19. The maximum atomic E-state index is 11.2. The van der Waals surface area contributed by atoms with Gasteiger partial charge in [0, 0.05) is 30.9 Å². The fraction of sp³-hybridized carbons (Fsp3) is 0.692. The molecule has 1 aromatic rings. The molecule has 1 saturated heterocycles. The maximum absolute atomic E-state index is 11.2. The van der Waals surface area contributed by atoms with Gasteiger partial charge in [-0.2, -0.15) is 5.10 Å². The van der Waals surface area contributed by atoms with Gasteiger partial charge in [0.15, 0.2) is 0 Å². The van der Waals surface area contributed by atoms with Gasteiger partial charge < -0.3 is 11.1 Å². The summed E-state index contributed by atoms with van der Waals surface area (Å²) in [5.41, 5.74) is 6.51. The van der Waals surface area contributed by atoms with Gasteiger partial charge in [-0.25, -0.2) is 0 Å². The second kappa shape index (κ2) is 6.68. The van der Waals surface area contributed by atoms with Crippen molar-refractivity contribution in [3.8, 4) is 0 Å². The molecule has 1 amide bonds. The van der Waals surface area contributed by atoms with E-state index in [-0.39, 0.29) is 5.91 Å². The van der Waals surface area contributed by atoms with Gasteiger partial charge in [0.25, 0.3) is 0 Å². The Labute approximate surface area is 113 Å². The van der Waals surface area contributed by atoms with Gasteiger partial charge in [0.05, 0.1) is 12.7 Å². The van der Waals surface area contributed by atoms with Crippen molar-refractivity contribution in [2.24, 2.45) is 5.73 Å². The molecule has 0 atom stereocenters. The smallest absolute Gasteiger partial charge is 0.231 e. The number of carbonyl (C=O) groups excluding carboxylic acids is 1. The van der Waals surface area contributed by atoms with Crippen LogP contribution in [0.4, 0.5) is 0 Å². The van der Waals surface area contributed by atoms with E-state index in [0.717, 1.165) is 44.6 Å². The number of nitrogens with zero attached hydrogens (tertiary/aromatic N) is 3. The molecule has 0 saturated carbocycles. The quantitative estimate of drug-likeness (QED) is 0.755. The van der Waals surface area contributed by atoms with Crippen LogP contribution < -0.4 is 11.1 Å². The fourth-order valence-electron chi connectivity index (χ4n) is 2.58. The zero-order valence-electron chi connectivity index (χ0n) is 11.5. The molecular weight excluding hydrogens is 242 g/mol. The van der Waals surface area contributed by atoms with Crippen molar-refractivity contribution in [1.29, 1.82) is 0 Å². The van der Waals surface area contributed by atoms with Gasteiger partial charge >= 0.3 is 0 Å². The number of hydrogen-bond acceptors (Lipinski definition) is 4. The lowest BCUT2D eigenvalue weighted by atomic mass is 10.0. The number of primary amides is 1. The van der Waals surface area contributed by atoms with E-state index in [4.69, 9.17) is 5.73 Å². The molecule has 0 radical (unpaired) electrons. The summed E-state index contributed by atoms with van der Waals surface area (Å²) >= 11 is 0. The minimum atomic E-state index is -0.263. The van der Waals surface area contributed by atoms with E-state index in [1.807, 2.05) is 17.1 Å². The van der Waals surface area contributed by atoms with Crippen molar-refractivity contribution in [3.05, 3.63) is 18.0 Å². The second-order valence-electron chi connectivity index (χ2n) is 5.06. The molecule has 1 aliphatic heterocycles. The van der Waals surface area contributed by atoms with Crippen molar-refractivity contribution >= 4 is 5.91 Å². The standard InChI is InChI=1S/C13H23N5O/c1-2-18-9-11(7-16-18)8-17(10-13(14)19)12-3-5-15-6-4-12/h7,9,12,15H,2-6,8,10H2,1H3,(H2,14,19). The van der Waals surface area contributed by atoms with Crippen molar-refractivity contribution in [2.45, 2.75) is 38.9 Å². The fourth-order valence-corrected chi connectivity index (χ4v) is 2.58. The van der Waals surface area contributed by atoms with Crippen LogP contribution in [0.15, 0.2) is 12.4 Å². The van der Waals surface area contributed by atoms with Crippen molar-refractivity contribution in [1.82, 2.24) is 20.0 Å². The van der Waals surface area contributed by atoms with Crippen LogP contribution in [0.2, 0.25) is 0 Å². The Hall–Kier alpha value is -1.40. The monoisotopic (exact) mass is 265 g/mol. The number of nitrogens with one attached hydrogen (secondary N) is 1. The van der Waals surface area contributed by atoms with E-state index < -0.39 is 0 Å². The highest BCUT2D eigenvalue weighted by atomic mass is 16.1. The minimum absolute atomic E-state index is 0.263. The second-order valence-corrected chi connectivity index (χ2v) is 5.06. The summed E-state index contributed by atoms with van der Waals surface area (Å²) in [6, 6.07) is 0.429. The highest BCUT2D eigenvalue weighted by Crippen LogP contribution is 2.15. The summed E-state index contributed by atoms with van der Waals surface area (Å²) in [5.74, 6) is -0.263. The van der Waals surface area contributed by atoms with Crippen LogP contribution in [0.25, 0.3) is 0 Å². The van der Waals surface area contributed by atoms with Crippen LogP contribution in [0.1, 0.15) is 25.3 Å². The summed E-state index contributed by atoms with van der Waals surface area (Å²) < 4.78 is 1.90. The molecular formula is C13H23N5O. The first-order valence-corrected chi connectivity index (χ1v) is 6.93. The number of rotatable bonds is 6. The Kier molecular flexibility index (Phi) is 4.93. The Morgan fingerprint density at radius 3 is 2.89 bits per heavy atom. The Bertz CT molecular complexity index is 411. The lowest BCUT2D eigenvalue weighted by Gasteiger charge is -2.33. The largest absolute Gasteiger partial charge is 0.369 e. The van der Waals surface area contributed by atoms with Gasteiger partial charge in [-0.05, 0) is 32.9 Å². The van der Waals surface area contributed by atoms with Crippen LogP contribution in [0.5, 0.6) is 0 Å². The molecule has 1 aliphatic rings. The van der Waals surface area contributed by atoms with Gasteiger partial charge in [0.2, 0.25) is 5.91 Å². The summed E-state index contributed by atoms with van der Waals surface area (Å²) in [5, 5.41) is 7.61. The first-order valence-electron chi connectivity index (χ1n) is 6.93. The predicted octanol–water partition coefficient (Wildman–Crippen LogP) is -0.0577. The molecule has 106 valence electrons. The molecule has 6 nitrogen and oxygen atoms in total. The van der Waals surface area contributed by atoms with Crippen LogP contribution in [-0.4, -0.2) is 46.3 Å². The average Bonchev–Trinajstić information content (AvgIpc) is 2.86. The molecule has 0 aliphatic carbocycles. The zero-order chi connectivity index (χ0) is 13.7. The van der Waals surface area contributed by atoms with Crippen LogP contribution in [-0.2, 0) is 17.9 Å². The summed E-state index contributed by atoms with van der Waals surface area (Å²) in [6.45, 7) is 6.01. The van der Waals surface area contributed by atoms with E-state index in [2.05, 4.69) is 22.2 Å². The van der Waals surface area contributed by atoms with E-state index >= 15 is 0 Å². The van der Waals surface area contributed by atoms with Crippen LogP contribution in [0, 0.1) is 0 Å². The third-order valence-corrected chi connectivity index (χ3v) is 3.58. The molecule has 0 unspecified atom stereocenters. The van der Waals surface area contributed by atoms with Gasteiger partial charge in [0.1, 0.15) is 0 Å². The normalized spacial score (nSPS) is 16.9. The number of piperidine rings is 1. The molecule has 3 N–H and O–H groups in total.